The molecule has 7 heteroatoms. The van der Waals surface area contributed by atoms with Crippen molar-refractivity contribution >= 4 is 60.4 Å². The molecule has 1 amide bonds. The molecule has 6 aromatic rings. The lowest BCUT2D eigenvalue weighted by Crippen LogP contribution is -2.11. The Kier molecular flexibility index (Phi) is 5.28. The van der Waals surface area contributed by atoms with Crippen LogP contribution in [0.3, 0.4) is 0 Å². The van der Waals surface area contributed by atoms with Gasteiger partial charge in [0, 0.05) is 28.1 Å². The molecule has 0 aliphatic rings. The van der Waals surface area contributed by atoms with E-state index >= 15 is 0 Å². The Bertz CT molecular complexity index is 1700. The first-order chi connectivity index (χ1) is 17.0. The Morgan fingerprint density at radius 1 is 0.743 bits per heavy atom. The van der Waals surface area contributed by atoms with Crippen LogP contribution in [-0.4, -0.2) is 15.9 Å². The van der Waals surface area contributed by atoms with E-state index in [2.05, 4.69) is 48.6 Å². The Balaban J connectivity index is 1.24. The summed E-state index contributed by atoms with van der Waals surface area (Å²) >= 11 is 3.37. The number of nitrogens with zero attached hydrogens (tertiary/aromatic N) is 2. The van der Waals surface area contributed by atoms with Crippen molar-refractivity contribution in [3.63, 3.8) is 0 Å². The fourth-order valence-corrected chi connectivity index (χ4v) is 5.94. The minimum absolute atomic E-state index is 0.171. The second-order valence-electron chi connectivity index (χ2n) is 8.35. The van der Waals surface area contributed by atoms with Crippen LogP contribution in [0.1, 0.15) is 15.9 Å². The number of benzene rings is 4. The molecular weight excluding hydrogens is 472 g/mol. The summed E-state index contributed by atoms with van der Waals surface area (Å²) in [6, 6.07) is 27.3. The van der Waals surface area contributed by atoms with Gasteiger partial charge in [-0.3, -0.25) is 4.79 Å². The first kappa shape index (κ1) is 21.5. The van der Waals surface area contributed by atoms with E-state index in [1.807, 2.05) is 24.3 Å². The maximum Gasteiger partial charge on any atom is 0.255 e. The summed E-state index contributed by atoms with van der Waals surface area (Å²) in [5.41, 5.74) is 13.0. The number of hydrogen-bond donors (Lipinski definition) is 2. The number of carbonyl (C=O) groups is 1. The summed E-state index contributed by atoms with van der Waals surface area (Å²) < 4.78 is 2.32. The van der Waals surface area contributed by atoms with Gasteiger partial charge in [0.05, 0.1) is 20.4 Å². The molecular formula is C28H20N4OS2. The molecule has 0 fully saturated rings. The molecule has 0 atom stereocenters. The number of hydrogen-bond acceptors (Lipinski definition) is 6. The molecule has 170 valence electrons. The topological polar surface area (TPSA) is 80.9 Å². The number of nitrogens with one attached hydrogen (secondary N) is 1. The maximum atomic E-state index is 12.5. The van der Waals surface area contributed by atoms with Crippen LogP contribution in [0.15, 0.2) is 84.9 Å². The second kappa shape index (κ2) is 8.61. The van der Waals surface area contributed by atoms with E-state index in [0.717, 1.165) is 42.6 Å². The van der Waals surface area contributed by atoms with Gasteiger partial charge >= 0.3 is 0 Å². The molecule has 0 radical (unpaired) electrons. The second-order valence-corrected chi connectivity index (χ2v) is 10.4. The Morgan fingerprint density at radius 3 is 2.06 bits per heavy atom. The van der Waals surface area contributed by atoms with E-state index in [-0.39, 0.29) is 5.91 Å². The third kappa shape index (κ3) is 4.27. The van der Waals surface area contributed by atoms with Gasteiger partial charge in [-0.25, -0.2) is 9.97 Å². The average molecular weight is 493 g/mol. The summed E-state index contributed by atoms with van der Waals surface area (Å²) in [5, 5.41) is 4.88. The van der Waals surface area contributed by atoms with E-state index in [4.69, 9.17) is 15.7 Å². The fraction of sp³-hybridized carbons (Fsp3) is 0.0357. The number of aromatic nitrogens is 2. The molecule has 0 saturated heterocycles. The Hall–Kier alpha value is -4.07. The van der Waals surface area contributed by atoms with Gasteiger partial charge in [0.2, 0.25) is 0 Å². The molecule has 0 unspecified atom stereocenters. The predicted molar refractivity (Wildman–Crippen MR) is 147 cm³/mol. The van der Waals surface area contributed by atoms with Crippen LogP contribution in [0.5, 0.6) is 0 Å². The monoisotopic (exact) mass is 492 g/mol. The van der Waals surface area contributed by atoms with Gasteiger partial charge < -0.3 is 11.1 Å². The van der Waals surface area contributed by atoms with E-state index in [1.165, 1.54) is 10.3 Å². The van der Waals surface area contributed by atoms with Gasteiger partial charge in [-0.15, -0.1) is 22.7 Å². The summed E-state index contributed by atoms with van der Waals surface area (Å²) in [6.07, 6.45) is 0. The van der Waals surface area contributed by atoms with Crippen molar-refractivity contribution < 1.29 is 4.79 Å². The van der Waals surface area contributed by atoms with Crippen LogP contribution in [0.2, 0.25) is 0 Å². The zero-order valence-electron chi connectivity index (χ0n) is 18.8. The molecule has 6 rings (SSSR count). The number of anilines is 2. The van der Waals surface area contributed by atoms with Gasteiger partial charge in [0.15, 0.2) is 0 Å². The maximum absolute atomic E-state index is 12.5. The summed E-state index contributed by atoms with van der Waals surface area (Å²) in [7, 11) is 0. The first-order valence-electron chi connectivity index (χ1n) is 11.1. The number of carbonyl (C=O) groups excluding carboxylic acids is 1. The van der Waals surface area contributed by atoms with Gasteiger partial charge in [0.1, 0.15) is 10.0 Å². The predicted octanol–water partition coefficient (Wildman–Crippen LogP) is 7.38. The molecule has 0 aliphatic heterocycles. The van der Waals surface area contributed by atoms with E-state index in [9.17, 15) is 4.79 Å². The average Bonchev–Trinajstić information content (AvgIpc) is 3.48. The standard InChI is InChI=1S/C28H20N4OS2/c1-16-2-12-22-24(14-16)34-28(32-22)19-7-13-23-25(15-19)35-27(31-23)18-5-10-21(11-6-18)30-26(33)17-3-8-20(29)9-4-17/h2-15H,29H2,1H3,(H,30,33). The smallest absolute Gasteiger partial charge is 0.255 e. The van der Waals surface area contributed by atoms with Crippen molar-refractivity contribution in [2.45, 2.75) is 6.92 Å². The number of aryl methyl sites for hydroxylation is 1. The SMILES string of the molecule is Cc1ccc2nc(-c3ccc4nc(-c5ccc(NC(=O)c6ccc(N)cc6)cc5)sc4c3)sc2c1. The molecule has 0 spiro atoms. The van der Waals surface area contributed by atoms with Crippen LogP contribution in [0, 0.1) is 6.92 Å². The molecule has 0 bridgehead atoms. The van der Waals surface area contributed by atoms with Crippen LogP contribution in [-0.2, 0) is 0 Å². The van der Waals surface area contributed by atoms with Crippen LogP contribution < -0.4 is 11.1 Å². The normalized spacial score (nSPS) is 11.2. The fourth-order valence-electron chi connectivity index (χ4n) is 3.87. The Labute approximate surface area is 209 Å². The highest BCUT2D eigenvalue weighted by atomic mass is 32.1. The molecule has 5 nitrogen and oxygen atoms in total. The summed E-state index contributed by atoms with van der Waals surface area (Å²) in [5.74, 6) is -0.171. The number of rotatable bonds is 4. The Morgan fingerprint density at radius 2 is 1.34 bits per heavy atom. The first-order valence-corrected chi connectivity index (χ1v) is 12.7. The van der Waals surface area contributed by atoms with Gasteiger partial charge in [-0.1, -0.05) is 6.07 Å². The van der Waals surface area contributed by atoms with Crippen molar-refractivity contribution in [1.29, 1.82) is 0 Å². The largest absolute Gasteiger partial charge is 0.399 e. The summed E-state index contributed by atoms with van der Waals surface area (Å²) in [6.45, 7) is 2.10. The van der Waals surface area contributed by atoms with Crippen molar-refractivity contribution in [1.82, 2.24) is 9.97 Å². The zero-order valence-corrected chi connectivity index (χ0v) is 20.4. The zero-order chi connectivity index (χ0) is 23.9. The van der Waals surface area contributed by atoms with Crippen LogP contribution in [0.25, 0.3) is 41.6 Å². The van der Waals surface area contributed by atoms with Gasteiger partial charge in [0.25, 0.3) is 5.91 Å². The minimum atomic E-state index is -0.171. The summed E-state index contributed by atoms with van der Waals surface area (Å²) in [4.78, 5) is 22.1. The molecule has 4 aromatic carbocycles. The molecule has 2 aromatic heterocycles. The molecule has 0 saturated carbocycles. The third-order valence-corrected chi connectivity index (χ3v) is 7.88. The minimum Gasteiger partial charge on any atom is -0.399 e. The molecule has 3 N–H and O–H groups in total. The number of thiazole rings is 2. The van der Waals surface area contributed by atoms with E-state index in [0.29, 0.717) is 11.3 Å². The highest BCUT2D eigenvalue weighted by molar-refractivity contribution is 7.22. The third-order valence-electron chi connectivity index (χ3n) is 5.74. The molecule has 2 heterocycles. The van der Waals surface area contributed by atoms with Crippen LogP contribution in [0.4, 0.5) is 11.4 Å². The number of fused-ring (bicyclic) bond motifs is 2. The number of nitrogen functional groups attached to an aromatic ring is 1. The van der Waals surface area contributed by atoms with Crippen molar-refractivity contribution in [2.75, 3.05) is 11.1 Å². The highest BCUT2D eigenvalue weighted by Gasteiger charge is 2.12. The lowest BCUT2D eigenvalue weighted by atomic mass is 10.1. The van der Waals surface area contributed by atoms with Gasteiger partial charge in [-0.05, 0) is 91.3 Å². The van der Waals surface area contributed by atoms with E-state index < -0.39 is 0 Å². The van der Waals surface area contributed by atoms with Crippen molar-refractivity contribution in [3.05, 3.63) is 96.1 Å². The lowest BCUT2D eigenvalue weighted by molar-refractivity contribution is 0.102. The molecule has 35 heavy (non-hydrogen) atoms. The van der Waals surface area contributed by atoms with Gasteiger partial charge in [-0.2, -0.15) is 0 Å². The van der Waals surface area contributed by atoms with Crippen molar-refractivity contribution in [2.24, 2.45) is 0 Å². The van der Waals surface area contributed by atoms with Crippen LogP contribution >= 0.6 is 22.7 Å². The highest BCUT2D eigenvalue weighted by Crippen LogP contribution is 2.36. The molecule has 0 aliphatic carbocycles. The lowest BCUT2D eigenvalue weighted by Gasteiger charge is -2.06. The number of amides is 1. The quantitative estimate of drug-likeness (QED) is 0.252. The van der Waals surface area contributed by atoms with Crippen molar-refractivity contribution in [3.8, 4) is 21.1 Å². The van der Waals surface area contributed by atoms with E-state index in [1.54, 1.807) is 46.9 Å². The number of nitrogens with two attached hydrogens (primary N) is 1.